The second kappa shape index (κ2) is 10.4. The van der Waals surface area contributed by atoms with Gasteiger partial charge in [0, 0.05) is 12.7 Å². The number of rotatable bonds is 11. The number of ether oxygens (including phenoxy) is 6. The normalized spacial score (nSPS) is 10.3. The molecule has 2 aromatic rings. The highest BCUT2D eigenvalue weighted by Gasteiger charge is 2.32. The van der Waals surface area contributed by atoms with Crippen molar-refractivity contribution >= 4 is 11.6 Å². The summed E-state index contributed by atoms with van der Waals surface area (Å²) in [6.07, 6.45) is -0.518. The third-order valence-electron chi connectivity index (χ3n) is 4.24. The Morgan fingerprint density at radius 1 is 0.767 bits per heavy atom. The lowest BCUT2D eigenvalue weighted by molar-refractivity contribution is 0.0464. The van der Waals surface area contributed by atoms with Gasteiger partial charge in [0.05, 0.1) is 34.9 Å². The Bertz CT molecular complexity index is 904. The van der Waals surface area contributed by atoms with Gasteiger partial charge in [0.15, 0.2) is 29.9 Å². The Balaban J connectivity index is 2.49. The minimum Gasteiger partial charge on any atom is -0.504 e. The second-order valence-electron chi connectivity index (χ2n) is 5.95. The highest BCUT2D eigenvalue weighted by Crippen LogP contribution is 2.53. The maximum Gasteiger partial charge on any atom is 0.211 e. The summed E-state index contributed by atoms with van der Waals surface area (Å²) in [5, 5.41) is 10.7. The molecule has 0 amide bonds. The summed E-state index contributed by atoms with van der Waals surface area (Å²) in [6.45, 7) is -0.181. The van der Waals surface area contributed by atoms with Gasteiger partial charge in [0.25, 0.3) is 0 Å². The fourth-order valence-corrected chi connectivity index (χ4v) is 2.84. The summed E-state index contributed by atoms with van der Waals surface area (Å²) in [7, 11) is 6.85. The van der Waals surface area contributed by atoms with Crippen LogP contribution >= 0.6 is 0 Å². The monoisotopic (exact) mass is 420 g/mol. The van der Waals surface area contributed by atoms with E-state index in [0.717, 1.165) is 0 Å². The Hall–Kier alpha value is -3.46. The van der Waals surface area contributed by atoms with E-state index in [0.29, 0.717) is 11.3 Å². The van der Waals surface area contributed by atoms with Crippen molar-refractivity contribution in [1.29, 1.82) is 0 Å². The number of hydrogen-bond donors (Lipinski definition) is 1. The number of aromatic hydroxyl groups is 1. The smallest absolute Gasteiger partial charge is 0.211 e. The van der Waals surface area contributed by atoms with E-state index in [4.69, 9.17) is 28.4 Å². The van der Waals surface area contributed by atoms with E-state index in [1.165, 1.54) is 35.5 Å². The van der Waals surface area contributed by atoms with Crippen molar-refractivity contribution in [3.63, 3.8) is 0 Å². The van der Waals surface area contributed by atoms with Crippen LogP contribution in [0.1, 0.15) is 27.1 Å². The van der Waals surface area contributed by atoms with E-state index >= 15 is 0 Å². The first-order valence-electron chi connectivity index (χ1n) is 8.80. The van der Waals surface area contributed by atoms with Gasteiger partial charge in [-0.05, 0) is 24.3 Å². The van der Waals surface area contributed by atoms with Gasteiger partial charge in [-0.1, -0.05) is 0 Å². The lowest BCUT2D eigenvalue weighted by Gasteiger charge is -2.20. The number of carbonyl (C=O) groups excluding carboxylic acids is 2. The lowest BCUT2D eigenvalue weighted by Crippen LogP contribution is -2.13. The molecule has 0 heterocycles. The molecule has 0 aliphatic rings. The van der Waals surface area contributed by atoms with Gasteiger partial charge in [-0.25, -0.2) is 0 Å². The molecular formula is C21H24O9. The summed E-state index contributed by atoms with van der Waals surface area (Å²) < 4.78 is 31.2. The summed E-state index contributed by atoms with van der Waals surface area (Å²) in [6, 6.07) is 6.33. The van der Waals surface area contributed by atoms with Crippen LogP contribution in [-0.2, 0) is 4.74 Å². The van der Waals surface area contributed by atoms with Crippen LogP contribution in [0.25, 0.3) is 0 Å². The Labute approximate surface area is 174 Å². The molecule has 9 nitrogen and oxygen atoms in total. The first-order valence-corrected chi connectivity index (χ1v) is 8.80. The van der Waals surface area contributed by atoms with Crippen molar-refractivity contribution in [3.8, 4) is 34.5 Å². The standard InChI is InChI=1S/C21H24O9/c1-25-11-30-21-18(27-3)16(17(24)19(28-4)20(21)29-5)15(23)10-14(22)12-6-8-13(26-2)9-7-12/h6-9,24H,10-11H2,1-5H3. The molecule has 0 bridgehead atoms. The first kappa shape index (κ1) is 22.8. The van der Waals surface area contributed by atoms with Gasteiger partial charge < -0.3 is 33.5 Å². The molecule has 0 aliphatic heterocycles. The number of phenols is 1. The van der Waals surface area contributed by atoms with Crippen molar-refractivity contribution in [3.05, 3.63) is 35.4 Å². The van der Waals surface area contributed by atoms with Crippen LogP contribution in [-0.4, -0.2) is 59.0 Å². The predicted octanol–water partition coefficient (Wildman–Crippen LogP) is 2.87. The van der Waals surface area contributed by atoms with E-state index in [1.807, 2.05) is 0 Å². The highest BCUT2D eigenvalue weighted by molar-refractivity contribution is 6.16. The average molecular weight is 420 g/mol. The summed E-state index contributed by atoms with van der Waals surface area (Å²) in [5.74, 6) is -1.30. The molecule has 0 spiro atoms. The molecule has 0 radical (unpaired) electrons. The lowest BCUT2D eigenvalue weighted by atomic mass is 9.98. The summed E-state index contributed by atoms with van der Waals surface area (Å²) in [5.41, 5.74) is 0.0575. The van der Waals surface area contributed by atoms with Crippen molar-refractivity contribution in [2.45, 2.75) is 6.42 Å². The Kier molecular flexibility index (Phi) is 7.88. The molecule has 1 N–H and O–H groups in total. The molecule has 0 saturated carbocycles. The van der Waals surface area contributed by atoms with Gasteiger partial charge >= 0.3 is 0 Å². The molecule has 0 saturated heterocycles. The number of hydrogen-bond acceptors (Lipinski definition) is 9. The van der Waals surface area contributed by atoms with Crippen LogP contribution in [0, 0.1) is 0 Å². The molecule has 30 heavy (non-hydrogen) atoms. The van der Waals surface area contributed by atoms with Crippen LogP contribution in [0.2, 0.25) is 0 Å². The van der Waals surface area contributed by atoms with Crippen molar-refractivity contribution < 1.29 is 43.1 Å². The third kappa shape index (κ3) is 4.57. The largest absolute Gasteiger partial charge is 0.504 e. The van der Waals surface area contributed by atoms with Crippen LogP contribution in [0.3, 0.4) is 0 Å². The van der Waals surface area contributed by atoms with E-state index in [2.05, 4.69) is 0 Å². The number of phenolic OH excluding ortho intramolecular Hbond substituents is 1. The van der Waals surface area contributed by atoms with Crippen LogP contribution in [0.5, 0.6) is 34.5 Å². The molecule has 162 valence electrons. The minimum absolute atomic E-state index is 0.00301. The molecule has 2 aromatic carbocycles. The van der Waals surface area contributed by atoms with E-state index in [9.17, 15) is 14.7 Å². The zero-order valence-corrected chi connectivity index (χ0v) is 17.4. The van der Waals surface area contributed by atoms with E-state index in [1.54, 1.807) is 24.3 Å². The van der Waals surface area contributed by atoms with Gasteiger partial charge in [-0.3, -0.25) is 9.59 Å². The topological polar surface area (TPSA) is 110 Å². The third-order valence-corrected chi connectivity index (χ3v) is 4.24. The summed E-state index contributed by atoms with van der Waals surface area (Å²) in [4.78, 5) is 25.6. The predicted molar refractivity (Wildman–Crippen MR) is 107 cm³/mol. The number of Topliss-reactive ketones (excluding diaryl/α,β-unsaturated/α-hetero) is 2. The van der Waals surface area contributed by atoms with Gasteiger partial charge in [0.1, 0.15) is 11.3 Å². The Morgan fingerprint density at radius 3 is 1.87 bits per heavy atom. The van der Waals surface area contributed by atoms with Gasteiger partial charge in [0.2, 0.25) is 17.2 Å². The maximum absolute atomic E-state index is 13.0. The minimum atomic E-state index is -0.687. The molecule has 0 unspecified atom stereocenters. The fourth-order valence-electron chi connectivity index (χ4n) is 2.84. The van der Waals surface area contributed by atoms with Crippen molar-refractivity contribution in [2.24, 2.45) is 0 Å². The van der Waals surface area contributed by atoms with Crippen molar-refractivity contribution in [2.75, 3.05) is 42.3 Å². The van der Waals surface area contributed by atoms with E-state index in [-0.39, 0.29) is 35.4 Å². The SMILES string of the molecule is COCOc1c(OC)c(OC)c(O)c(C(=O)CC(=O)c2ccc(OC)cc2)c1OC. The Morgan fingerprint density at radius 2 is 1.37 bits per heavy atom. The number of methoxy groups -OCH3 is 5. The average Bonchev–Trinajstić information content (AvgIpc) is 2.76. The molecule has 0 fully saturated rings. The number of benzene rings is 2. The highest BCUT2D eigenvalue weighted by atomic mass is 16.7. The zero-order valence-electron chi connectivity index (χ0n) is 17.4. The molecular weight excluding hydrogens is 396 g/mol. The number of ketones is 2. The van der Waals surface area contributed by atoms with Crippen LogP contribution in [0.15, 0.2) is 24.3 Å². The van der Waals surface area contributed by atoms with Crippen LogP contribution in [0.4, 0.5) is 0 Å². The molecule has 0 aliphatic carbocycles. The second-order valence-corrected chi connectivity index (χ2v) is 5.95. The zero-order chi connectivity index (χ0) is 22.3. The molecule has 9 heteroatoms. The molecule has 0 atom stereocenters. The fraction of sp³-hybridized carbons (Fsp3) is 0.333. The van der Waals surface area contributed by atoms with Crippen molar-refractivity contribution in [1.82, 2.24) is 0 Å². The van der Waals surface area contributed by atoms with Gasteiger partial charge in [-0.15, -0.1) is 0 Å². The van der Waals surface area contributed by atoms with E-state index < -0.39 is 23.7 Å². The number of carbonyl (C=O) groups is 2. The quantitative estimate of drug-likeness (QED) is 0.333. The molecule has 0 aromatic heterocycles. The van der Waals surface area contributed by atoms with Crippen LogP contribution < -0.4 is 23.7 Å². The first-order chi connectivity index (χ1) is 14.4. The van der Waals surface area contributed by atoms with Gasteiger partial charge in [-0.2, -0.15) is 0 Å². The maximum atomic E-state index is 13.0. The summed E-state index contributed by atoms with van der Waals surface area (Å²) >= 11 is 0. The molecule has 2 rings (SSSR count).